The van der Waals surface area contributed by atoms with Gasteiger partial charge in [0.25, 0.3) is 0 Å². The fourth-order valence-electron chi connectivity index (χ4n) is 3.33. The van der Waals surface area contributed by atoms with E-state index in [1.807, 2.05) is 22.8 Å². The quantitative estimate of drug-likeness (QED) is 0.790. The van der Waals surface area contributed by atoms with Crippen molar-refractivity contribution < 1.29 is 4.79 Å². The molecule has 18 heavy (non-hydrogen) atoms. The number of nitrogens with one attached hydrogen (secondary N) is 1. The van der Waals surface area contributed by atoms with Crippen LogP contribution in [0.3, 0.4) is 0 Å². The summed E-state index contributed by atoms with van der Waals surface area (Å²) in [7, 11) is 0. The lowest BCUT2D eigenvalue weighted by molar-refractivity contribution is 0.0874. The third-order valence-corrected chi connectivity index (χ3v) is 4.30. The zero-order chi connectivity index (χ0) is 12.3. The van der Waals surface area contributed by atoms with Crippen LogP contribution in [0.2, 0.25) is 5.02 Å². The number of benzene rings is 1. The van der Waals surface area contributed by atoms with Crippen molar-refractivity contribution in [2.45, 2.75) is 25.3 Å². The van der Waals surface area contributed by atoms with Gasteiger partial charge in [0.15, 0.2) is 0 Å². The van der Waals surface area contributed by atoms with Crippen molar-refractivity contribution in [3.05, 3.63) is 34.5 Å². The van der Waals surface area contributed by atoms with Crippen molar-refractivity contribution >= 4 is 28.4 Å². The minimum atomic E-state index is 0.212. The molecule has 0 unspecified atom stereocenters. The Labute approximate surface area is 110 Å². The average Bonchev–Trinajstić information content (AvgIpc) is 2.70. The minimum absolute atomic E-state index is 0.212. The highest BCUT2D eigenvalue weighted by molar-refractivity contribution is 6.31. The van der Waals surface area contributed by atoms with E-state index in [4.69, 9.17) is 11.6 Å². The first-order valence-corrected chi connectivity index (χ1v) is 6.73. The molecule has 0 saturated carbocycles. The van der Waals surface area contributed by atoms with Crippen molar-refractivity contribution in [1.82, 2.24) is 9.88 Å². The van der Waals surface area contributed by atoms with Crippen molar-refractivity contribution in [2.24, 2.45) is 0 Å². The highest BCUT2D eigenvalue weighted by Gasteiger charge is 2.33. The third-order valence-electron chi connectivity index (χ3n) is 4.07. The average molecular weight is 261 g/mol. The van der Waals surface area contributed by atoms with Crippen LogP contribution in [0, 0.1) is 0 Å². The summed E-state index contributed by atoms with van der Waals surface area (Å²) in [6.07, 6.45) is 2.51. The maximum Gasteiger partial charge on any atom is 0.231 e. The lowest BCUT2D eigenvalue weighted by Crippen LogP contribution is -2.36. The first-order chi connectivity index (χ1) is 8.75. The molecular formula is C14H13ClN2O. The molecule has 0 bridgehead atoms. The summed E-state index contributed by atoms with van der Waals surface area (Å²) in [6.45, 7) is 0.984. The summed E-state index contributed by atoms with van der Waals surface area (Å²) in [4.78, 5) is 12.2. The van der Waals surface area contributed by atoms with Crippen LogP contribution in [-0.2, 0) is 6.42 Å². The van der Waals surface area contributed by atoms with Gasteiger partial charge in [-0.15, -0.1) is 0 Å². The number of fused-ring (bicyclic) bond motifs is 3. The van der Waals surface area contributed by atoms with Gasteiger partial charge in [-0.05, 0) is 43.1 Å². The first kappa shape index (κ1) is 10.6. The van der Waals surface area contributed by atoms with Crippen molar-refractivity contribution in [3.63, 3.8) is 0 Å². The Kier molecular flexibility index (Phi) is 2.11. The molecule has 4 rings (SSSR count). The number of hydrogen-bond donors (Lipinski definition) is 1. The van der Waals surface area contributed by atoms with Crippen LogP contribution < -0.4 is 5.32 Å². The van der Waals surface area contributed by atoms with Gasteiger partial charge in [0.2, 0.25) is 5.91 Å². The number of rotatable bonds is 0. The van der Waals surface area contributed by atoms with Crippen LogP contribution in [0.4, 0.5) is 0 Å². The zero-order valence-corrected chi connectivity index (χ0v) is 10.6. The predicted octanol–water partition coefficient (Wildman–Crippen LogP) is 2.92. The minimum Gasteiger partial charge on any atom is -0.308 e. The van der Waals surface area contributed by atoms with Gasteiger partial charge in [-0.3, -0.25) is 9.36 Å². The Morgan fingerprint density at radius 3 is 3.11 bits per heavy atom. The topological polar surface area (TPSA) is 34.0 Å². The molecule has 1 aromatic heterocycles. The maximum absolute atomic E-state index is 12.2. The van der Waals surface area contributed by atoms with E-state index in [1.165, 1.54) is 11.3 Å². The second kappa shape index (κ2) is 3.59. The monoisotopic (exact) mass is 260 g/mol. The third kappa shape index (κ3) is 1.26. The zero-order valence-electron chi connectivity index (χ0n) is 9.87. The molecule has 2 aliphatic heterocycles. The smallest absolute Gasteiger partial charge is 0.231 e. The van der Waals surface area contributed by atoms with Crippen molar-refractivity contribution in [1.29, 1.82) is 0 Å². The van der Waals surface area contributed by atoms with E-state index in [2.05, 4.69) is 5.32 Å². The SMILES string of the molecule is O=C1CC[C@H]2NCCc3c2n1c1ccc(Cl)cc31. The van der Waals surface area contributed by atoms with Gasteiger partial charge in [-0.2, -0.15) is 0 Å². The van der Waals surface area contributed by atoms with Crippen molar-refractivity contribution in [2.75, 3.05) is 6.54 Å². The van der Waals surface area contributed by atoms with Crippen molar-refractivity contribution in [3.8, 4) is 0 Å². The summed E-state index contributed by atoms with van der Waals surface area (Å²) >= 11 is 6.09. The van der Waals surface area contributed by atoms with E-state index in [0.717, 1.165) is 35.3 Å². The molecule has 0 aliphatic carbocycles. The number of carbonyl (C=O) groups is 1. The van der Waals surface area contributed by atoms with Crippen LogP contribution in [0.1, 0.15) is 34.9 Å². The molecule has 1 N–H and O–H groups in total. The molecule has 2 aromatic rings. The maximum atomic E-state index is 12.2. The van der Waals surface area contributed by atoms with Crippen LogP contribution >= 0.6 is 11.6 Å². The van der Waals surface area contributed by atoms with E-state index in [-0.39, 0.29) is 5.91 Å². The fraction of sp³-hybridized carbons (Fsp3) is 0.357. The Bertz CT molecular complexity index is 674. The molecule has 0 fully saturated rings. The normalized spacial score (nSPS) is 22.3. The Morgan fingerprint density at radius 1 is 1.33 bits per heavy atom. The van der Waals surface area contributed by atoms with Crippen LogP contribution in [0.25, 0.3) is 10.9 Å². The number of nitrogens with zero attached hydrogens (tertiary/aromatic N) is 1. The number of carbonyl (C=O) groups excluding carboxylic acids is 1. The molecular weight excluding hydrogens is 248 g/mol. The molecule has 1 aromatic carbocycles. The summed E-state index contributed by atoms with van der Waals surface area (Å²) in [5.74, 6) is 0.212. The van der Waals surface area contributed by atoms with Gasteiger partial charge < -0.3 is 5.32 Å². The summed E-state index contributed by atoms with van der Waals surface area (Å²) in [6, 6.07) is 6.16. The first-order valence-electron chi connectivity index (χ1n) is 6.35. The lowest BCUT2D eigenvalue weighted by Gasteiger charge is -2.29. The van der Waals surface area contributed by atoms with Gasteiger partial charge in [-0.25, -0.2) is 0 Å². The summed E-state index contributed by atoms with van der Waals surface area (Å²) in [5, 5.41) is 5.40. The van der Waals surface area contributed by atoms with E-state index >= 15 is 0 Å². The number of aromatic nitrogens is 1. The Balaban J connectivity index is 2.15. The second-order valence-electron chi connectivity index (χ2n) is 5.05. The molecule has 0 radical (unpaired) electrons. The number of hydrogen-bond acceptors (Lipinski definition) is 2. The molecule has 0 spiro atoms. The van der Waals surface area contributed by atoms with Gasteiger partial charge in [-0.1, -0.05) is 11.6 Å². The molecule has 2 aliphatic rings. The van der Waals surface area contributed by atoms with E-state index < -0.39 is 0 Å². The molecule has 0 amide bonds. The summed E-state index contributed by atoms with van der Waals surface area (Å²) < 4.78 is 1.90. The van der Waals surface area contributed by atoms with E-state index in [1.54, 1.807) is 0 Å². The Hall–Kier alpha value is -1.32. The molecule has 0 saturated heterocycles. The van der Waals surface area contributed by atoms with Gasteiger partial charge in [0, 0.05) is 28.6 Å². The summed E-state index contributed by atoms with van der Waals surface area (Å²) in [5.41, 5.74) is 3.50. The second-order valence-corrected chi connectivity index (χ2v) is 5.49. The predicted molar refractivity (Wildman–Crippen MR) is 71.3 cm³/mol. The van der Waals surface area contributed by atoms with Gasteiger partial charge >= 0.3 is 0 Å². The molecule has 1 atom stereocenters. The highest BCUT2D eigenvalue weighted by atomic mass is 35.5. The molecule has 4 heteroatoms. The lowest BCUT2D eigenvalue weighted by atomic mass is 9.94. The van der Waals surface area contributed by atoms with E-state index in [9.17, 15) is 4.79 Å². The largest absolute Gasteiger partial charge is 0.308 e. The standard InChI is InChI=1S/C14H13ClN2O/c15-8-1-3-12-10(7-8)9-5-6-16-11-2-4-13(18)17(12)14(9)11/h1,3,7,11,16H,2,4-6H2/t11-/m1/s1. The van der Waals surface area contributed by atoms with Gasteiger partial charge in [0.1, 0.15) is 0 Å². The van der Waals surface area contributed by atoms with Gasteiger partial charge in [0.05, 0.1) is 5.52 Å². The van der Waals surface area contributed by atoms with Crippen LogP contribution in [0.5, 0.6) is 0 Å². The molecule has 3 heterocycles. The van der Waals surface area contributed by atoms with Crippen LogP contribution in [0.15, 0.2) is 18.2 Å². The van der Waals surface area contributed by atoms with E-state index in [0.29, 0.717) is 12.5 Å². The fourth-order valence-corrected chi connectivity index (χ4v) is 3.50. The van der Waals surface area contributed by atoms with Crippen LogP contribution in [-0.4, -0.2) is 17.0 Å². The Morgan fingerprint density at radius 2 is 2.22 bits per heavy atom. The molecule has 92 valence electrons. The molecule has 3 nitrogen and oxygen atoms in total. The number of halogens is 1. The highest BCUT2D eigenvalue weighted by Crippen LogP contribution is 2.38.